The number of carbonyl (C=O) groups is 1. The quantitative estimate of drug-likeness (QED) is 0.830. The molecule has 0 aliphatic carbocycles. The molecule has 1 aromatic heterocycles. The van der Waals surface area contributed by atoms with E-state index < -0.39 is 16.4 Å². The number of aromatic nitrogens is 1. The second-order valence-electron chi connectivity index (χ2n) is 3.45. The Labute approximate surface area is 96.4 Å². The maximum Gasteiger partial charge on any atom is 0.410 e. The molecular weight excluding hydrogens is 222 g/mol. The molecule has 3 nitrogen and oxygen atoms in total. The third-order valence-electron chi connectivity index (χ3n) is 2.46. The summed E-state index contributed by atoms with van der Waals surface area (Å²) in [6.45, 7) is 2.03. The number of benzene rings is 1. The van der Waals surface area contributed by atoms with E-state index in [0.717, 1.165) is 5.56 Å². The van der Waals surface area contributed by atoms with Crippen molar-refractivity contribution in [3.8, 4) is 0 Å². The van der Waals surface area contributed by atoms with Crippen LogP contribution in [-0.2, 0) is 0 Å². The van der Waals surface area contributed by atoms with E-state index in [1.165, 1.54) is 0 Å². The van der Waals surface area contributed by atoms with Crippen LogP contribution in [0.5, 0.6) is 0 Å². The molecule has 0 spiro atoms. The van der Waals surface area contributed by atoms with E-state index in [-0.39, 0.29) is 10.3 Å². The lowest BCUT2D eigenvalue weighted by Crippen LogP contribution is -1.99. The fourth-order valence-electron chi connectivity index (χ4n) is 1.60. The Bertz CT molecular complexity index is 493. The largest absolute Gasteiger partial charge is 0.473 e. The summed E-state index contributed by atoms with van der Waals surface area (Å²) in [4.78, 5) is 14.9. The van der Waals surface area contributed by atoms with Crippen molar-refractivity contribution in [1.29, 1.82) is 0 Å². The molecule has 0 aliphatic rings. The van der Waals surface area contributed by atoms with E-state index in [9.17, 15) is 4.79 Å². The van der Waals surface area contributed by atoms with Gasteiger partial charge in [0.25, 0.3) is 0 Å². The fourth-order valence-corrected chi connectivity index (χ4v) is 3.33. The molecule has 1 heterocycles. The van der Waals surface area contributed by atoms with Crippen molar-refractivity contribution in [1.82, 2.24) is 4.98 Å². The molecule has 16 heavy (non-hydrogen) atoms. The van der Waals surface area contributed by atoms with Crippen LogP contribution < -0.4 is 0 Å². The number of carboxylic acid groups (broad SMARTS) is 1. The van der Waals surface area contributed by atoms with Gasteiger partial charge in [0.1, 0.15) is 0 Å². The molecule has 2 unspecified atom stereocenters. The molecule has 1 N–H and O–H groups in total. The van der Waals surface area contributed by atoms with Crippen LogP contribution in [0.3, 0.4) is 0 Å². The molecule has 82 valence electrons. The summed E-state index contributed by atoms with van der Waals surface area (Å²) in [6.07, 6.45) is 1.59. The minimum atomic E-state index is -0.920. The van der Waals surface area contributed by atoms with Gasteiger partial charge >= 0.3 is 11.0 Å². The van der Waals surface area contributed by atoms with Gasteiger partial charge in [0.2, 0.25) is 0 Å². The van der Waals surface area contributed by atoms with Gasteiger partial charge in [-0.3, -0.25) is 0 Å². The van der Waals surface area contributed by atoms with Crippen LogP contribution in [0.2, 0.25) is 0 Å². The summed E-state index contributed by atoms with van der Waals surface area (Å²) < 4.78 is 0. The average Bonchev–Trinajstić information content (AvgIpc) is 2.78. The summed E-state index contributed by atoms with van der Waals surface area (Å²) in [5.41, 5.74) is 1.14. The van der Waals surface area contributed by atoms with Crippen molar-refractivity contribution in [2.24, 2.45) is 0 Å². The maximum absolute atomic E-state index is 11.0. The third-order valence-corrected chi connectivity index (χ3v) is 4.63. The van der Waals surface area contributed by atoms with E-state index >= 15 is 0 Å². The Morgan fingerprint density at radius 3 is 2.69 bits per heavy atom. The zero-order chi connectivity index (χ0) is 11.5. The van der Waals surface area contributed by atoms with Gasteiger partial charge in [-0.05, 0) is 6.92 Å². The molecule has 0 fully saturated rings. The number of nitrogens with zero attached hydrogens (tertiary/aromatic N) is 1. The smallest absolute Gasteiger partial charge is 0.410 e. The van der Waals surface area contributed by atoms with Crippen LogP contribution >= 0.6 is 10.5 Å². The van der Waals surface area contributed by atoms with Gasteiger partial charge in [-0.15, -0.1) is 0 Å². The minimum Gasteiger partial charge on any atom is -0.473 e. The molecule has 2 atom stereocenters. The zero-order valence-electron chi connectivity index (χ0n) is 8.83. The van der Waals surface area contributed by atoms with Crippen molar-refractivity contribution < 1.29 is 9.90 Å². The van der Waals surface area contributed by atoms with Crippen molar-refractivity contribution in [2.75, 3.05) is 0 Å². The summed E-state index contributed by atoms with van der Waals surface area (Å²) in [5.74, 6) is -0.920. The molecule has 2 aromatic rings. The number of carboxylic acids is 1. The lowest BCUT2D eigenvalue weighted by molar-refractivity contribution is 0.0696. The Balaban J connectivity index is 2.38. The predicted octanol–water partition coefficient (Wildman–Crippen LogP) is 3.14. The first-order valence-electron chi connectivity index (χ1n) is 4.95. The molecular formula is C12H12NO2S+. The average molecular weight is 234 g/mol. The van der Waals surface area contributed by atoms with Gasteiger partial charge in [-0.2, -0.15) is 4.98 Å². The number of thiazole rings is 1. The summed E-state index contributed by atoms with van der Waals surface area (Å²) in [6, 6.07) is 9.92. The normalized spacial score (nSPS) is 13.4. The molecule has 0 radical (unpaired) electrons. The van der Waals surface area contributed by atoms with Crippen LogP contribution in [0.15, 0.2) is 41.9 Å². The van der Waals surface area contributed by atoms with Crippen LogP contribution in [0.1, 0.15) is 27.5 Å². The summed E-state index contributed by atoms with van der Waals surface area (Å²) in [7, 11) is -0.421. The van der Waals surface area contributed by atoms with E-state index in [1.54, 1.807) is 6.20 Å². The molecule has 0 amide bonds. The maximum atomic E-state index is 11.0. The second-order valence-corrected chi connectivity index (χ2v) is 5.56. The van der Waals surface area contributed by atoms with E-state index in [2.05, 4.69) is 4.98 Å². The Hall–Kier alpha value is -1.68. The lowest BCUT2D eigenvalue weighted by atomic mass is 10.2. The highest BCUT2D eigenvalue weighted by Gasteiger charge is 2.28. The number of hydrogen-bond acceptors (Lipinski definition) is 2. The standard InChI is InChI=1S/C12H11NO2S/c1-9(10-5-3-2-4-6-10)16-8-7-13-11(16)12(14)15/h2-9H,1H3/p+1. The van der Waals surface area contributed by atoms with Crippen molar-refractivity contribution in [3.63, 3.8) is 0 Å². The van der Waals surface area contributed by atoms with Gasteiger partial charge in [-0.25, -0.2) is 4.79 Å². The van der Waals surface area contributed by atoms with Gasteiger partial charge in [-0.1, -0.05) is 30.3 Å². The number of aromatic carboxylic acids is 1. The van der Waals surface area contributed by atoms with E-state index in [1.807, 2.05) is 42.6 Å². The molecule has 4 heteroatoms. The van der Waals surface area contributed by atoms with Crippen LogP contribution in [0, 0.1) is 0 Å². The highest BCUT2D eigenvalue weighted by atomic mass is 32.2. The zero-order valence-corrected chi connectivity index (χ0v) is 9.65. The topological polar surface area (TPSA) is 50.2 Å². The van der Waals surface area contributed by atoms with E-state index in [0.29, 0.717) is 0 Å². The molecule has 0 saturated carbocycles. The van der Waals surface area contributed by atoms with Gasteiger partial charge in [0, 0.05) is 16.0 Å². The monoisotopic (exact) mass is 234 g/mol. The second kappa shape index (κ2) is 4.45. The number of hydrogen-bond donors (Lipinski definition) is 1. The Morgan fingerprint density at radius 2 is 2.06 bits per heavy atom. The molecule has 0 aliphatic heterocycles. The summed E-state index contributed by atoms with van der Waals surface area (Å²) >= 11 is 0. The SMILES string of the molecule is CC(c1ccccc1)[s+]1ccnc1C(=O)O. The van der Waals surface area contributed by atoms with Gasteiger partial charge in [0.15, 0.2) is 10.6 Å². The van der Waals surface area contributed by atoms with Crippen molar-refractivity contribution in [3.05, 3.63) is 52.5 Å². The minimum absolute atomic E-state index is 0.162. The van der Waals surface area contributed by atoms with Gasteiger partial charge < -0.3 is 5.11 Å². The fraction of sp³-hybridized carbons (Fsp3) is 0.167. The van der Waals surface area contributed by atoms with Crippen molar-refractivity contribution >= 4 is 16.4 Å². The summed E-state index contributed by atoms with van der Waals surface area (Å²) in [5, 5.41) is 11.3. The first-order chi connectivity index (χ1) is 7.70. The third kappa shape index (κ3) is 1.97. The number of rotatable bonds is 3. The lowest BCUT2D eigenvalue weighted by Gasteiger charge is -2.03. The Kier molecular flexibility index (Phi) is 3.01. The Morgan fingerprint density at radius 1 is 1.38 bits per heavy atom. The van der Waals surface area contributed by atoms with E-state index in [4.69, 9.17) is 5.11 Å². The van der Waals surface area contributed by atoms with Crippen molar-refractivity contribution in [2.45, 2.75) is 12.2 Å². The van der Waals surface area contributed by atoms with Crippen LogP contribution in [0.4, 0.5) is 0 Å². The predicted molar refractivity (Wildman–Crippen MR) is 63.9 cm³/mol. The molecule has 1 aromatic carbocycles. The first kappa shape index (κ1) is 10.8. The first-order valence-corrected chi connectivity index (χ1v) is 6.30. The highest BCUT2D eigenvalue weighted by molar-refractivity contribution is 7.32. The van der Waals surface area contributed by atoms with Crippen LogP contribution in [-0.4, -0.2) is 16.1 Å². The van der Waals surface area contributed by atoms with Crippen LogP contribution in [0.25, 0.3) is 0 Å². The molecule has 0 bridgehead atoms. The molecule has 2 rings (SSSR count). The van der Waals surface area contributed by atoms with Gasteiger partial charge in [0.05, 0.1) is 6.20 Å². The molecule has 0 saturated heterocycles. The highest BCUT2D eigenvalue weighted by Crippen LogP contribution is 2.38.